The molecule has 0 unspecified atom stereocenters. The van der Waals surface area contributed by atoms with Crippen molar-refractivity contribution in [3.8, 4) is 5.75 Å². The number of rotatable bonds is 3. The molecule has 5 nitrogen and oxygen atoms in total. The van der Waals surface area contributed by atoms with Crippen LogP contribution >= 0.6 is 23.2 Å². The number of nitrogens with zero attached hydrogens (tertiary/aromatic N) is 2. The summed E-state index contributed by atoms with van der Waals surface area (Å²) >= 11 is 12.0. The van der Waals surface area contributed by atoms with Gasteiger partial charge < -0.3 is 4.18 Å². The Labute approximate surface area is 121 Å². The quantitative estimate of drug-likeness (QED) is 0.872. The Morgan fingerprint density at radius 1 is 1.26 bits per heavy atom. The lowest BCUT2D eigenvalue weighted by Crippen LogP contribution is -2.27. The first-order valence-corrected chi connectivity index (χ1v) is 7.29. The Bertz CT molecular complexity index is 732. The van der Waals surface area contributed by atoms with Crippen LogP contribution in [0.15, 0.2) is 24.4 Å². The van der Waals surface area contributed by atoms with E-state index in [1.165, 1.54) is 26.4 Å². The molecule has 2 aromatic rings. The third kappa shape index (κ3) is 2.76. The highest BCUT2D eigenvalue weighted by molar-refractivity contribution is 7.84. The van der Waals surface area contributed by atoms with Gasteiger partial charge in [-0.3, -0.25) is 4.98 Å². The van der Waals surface area contributed by atoms with E-state index in [9.17, 15) is 8.42 Å². The van der Waals surface area contributed by atoms with Gasteiger partial charge in [-0.2, -0.15) is 12.7 Å². The number of hydrogen-bond donors (Lipinski definition) is 0. The highest BCUT2D eigenvalue weighted by Gasteiger charge is 2.21. The van der Waals surface area contributed by atoms with E-state index in [2.05, 4.69) is 4.98 Å². The predicted octanol–water partition coefficient (Wildman–Crippen LogP) is 2.73. The van der Waals surface area contributed by atoms with E-state index in [-0.39, 0.29) is 10.8 Å². The molecule has 1 aromatic carbocycles. The summed E-state index contributed by atoms with van der Waals surface area (Å²) in [6.45, 7) is 0. The Hall–Kier alpha value is -1.08. The highest BCUT2D eigenvalue weighted by Crippen LogP contribution is 2.37. The van der Waals surface area contributed by atoms with Gasteiger partial charge in [0.25, 0.3) is 0 Å². The molecule has 1 heterocycles. The molecule has 0 amide bonds. The zero-order valence-corrected chi connectivity index (χ0v) is 12.4. The molecule has 0 saturated heterocycles. The van der Waals surface area contributed by atoms with Crippen LogP contribution in [0.1, 0.15) is 0 Å². The lowest BCUT2D eigenvalue weighted by molar-refractivity contribution is 0.423. The highest BCUT2D eigenvalue weighted by atomic mass is 35.5. The summed E-state index contributed by atoms with van der Waals surface area (Å²) in [5.41, 5.74) is 0.297. The molecule has 0 aliphatic rings. The molecule has 0 radical (unpaired) electrons. The fourth-order valence-electron chi connectivity index (χ4n) is 1.41. The molecule has 0 bridgehead atoms. The van der Waals surface area contributed by atoms with Gasteiger partial charge >= 0.3 is 10.3 Å². The second-order valence-electron chi connectivity index (χ2n) is 3.89. The Morgan fingerprint density at radius 2 is 1.95 bits per heavy atom. The topological polar surface area (TPSA) is 59.5 Å². The Morgan fingerprint density at radius 3 is 2.58 bits per heavy atom. The third-order valence-corrected chi connectivity index (χ3v) is 4.25. The molecule has 8 heteroatoms. The van der Waals surface area contributed by atoms with E-state index in [1.54, 1.807) is 12.1 Å². The first kappa shape index (κ1) is 14.3. The van der Waals surface area contributed by atoms with Gasteiger partial charge in [0.1, 0.15) is 5.52 Å². The van der Waals surface area contributed by atoms with Crippen molar-refractivity contribution in [2.24, 2.45) is 0 Å². The number of benzene rings is 1. The van der Waals surface area contributed by atoms with Crippen molar-refractivity contribution in [3.63, 3.8) is 0 Å². The Kier molecular flexibility index (Phi) is 3.87. The zero-order valence-electron chi connectivity index (χ0n) is 10.1. The number of hydrogen-bond acceptors (Lipinski definition) is 4. The molecule has 0 saturated carbocycles. The van der Waals surface area contributed by atoms with Gasteiger partial charge in [-0.15, -0.1) is 0 Å². The Balaban J connectivity index is 2.67. The SMILES string of the molecule is CN(C)S(=O)(=O)Oc1c(Cl)cc(Cl)c2cccnc12. The summed E-state index contributed by atoms with van der Waals surface area (Å²) in [4.78, 5) is 4.07. The number of fused-ring (bicyclic) bond motifs is 1. The maximum absolute atomic E-state index is 11.8. The van der Waals surface area contributed by atoms with Crippen LogP contribution in [0.3, 0.4) is 0 Å². The maximum atomic E-state index is 11.8. The lowest BCUT2D eigenvalue weighted by atomic mass is 10.2. The van der Waals surface area contributed by atoms with Crippen LogP contribution in [0.2, 0.25) is 10.0 Å². The van der Waals surface area contributed by atoms with E-state index >= 15 is 0 Å². The van der Waals surface area contributed by atoms with Gasteiger partial charge in [-0.25, -0.2) is 0 Å². The van der Waals surface area contributed by atoms with Crippen LogP contribution in [0.5, 0.6) is 5.75 Å². The average molecular weight is 321 g/mol. The molecule has 1 aromatic heterocycles. The summed E-state index contributed by atoms with van der Waals surface area (Å²) < 4.78 is 29.5. The van der Waals surface area contributed by atoms with E-state index in [0.29, 0.717) is 15.9 Å². The summed E-state index contributed by atoms with van der Waals surface area (Å²) in [5.74, 6) is -0.0321. The average Bonchev–Trinajstić information content (AvgIpc) is 2.34. The second kappa shape index (κ2) is 5.13. The van der Waals surface area contributed by atoms with Gasteiger partial charge in [0, 0.05) is 25.7 Å². The normalized spacial score (nSPS) is 12.1. The molecular weight excluding hydrogens is 311 g/mol. The summed E-state index contributed by atoms with van der Waals surface area (Å²) in [6, 6.07) is 4.82. The first-order chi connectivity index (χ1) is 8.83. The van der Waals surface area contributed by atoms with Crippen LogP contribution in [0, 0.1) is 0 Å². The van der Waals surface area contributed by atoms with E-state index in [0.717, 1.165) is 4.31 Å². The van der Waals surface area contributed by atoms with Gasteiger partial charge in [-0.1, -0.05) is 23.2 Å². The van der Waals surface area contributed by atoms with Crippen molar-refractivity contribution in [1.29, 1.82) is 0 Å². The van der Waals surface area contributed by atoms with E-state index in [1.807, 2.05) is 0 Å². The molecule has 0 aliphatic carbocycles. The van der Waals surface area contributed by atoms with E-state index in [4.69, 9.17) is 27.4 Å². The van der Waals surface area contributed by atoms with Crippen LogP contribution in [-0.4, -0.2) is 31.8 Å². The van der Waals surface area contributed by atoms with Gasteiger partial charge in [0.05, 0.1) is 10.0 Å². The lowest BCUT2D eigenvalue weighted by Gasteiger charge is -2.14. The van der Waals surface area contributed by atoms with Crippen molar-refractivity contribution in [2.45, 2.75) is 0 Å². The van der Waals surface area contributed by atoms with Crippen molar-refractivity contribution in [2.75, 3.05) is 14.1 Å². The van der Waals surface area contributed by atoms with Crippen molar-refractivity contribution >= 4 is 44.4 Å². The standard InChI is InChI=1S/C11H10Cl2N2O3S/c1-15(2)19(16,17)18-11-9(13)6-8(12)7-4-3-5-14-10(7)11/h3-6H,1-2H3. The molecule has 102 valence electrons. The smallest absolute Gasteiger partial charge is 0.367 e. The predicted molar refractivity (Wildman–Crippen MR) is 75.0 cm³/mol. The molecule has 0 fully saturated rings. The van der Waals surface area contributed by atoms with Gasteiger partial charge in [0.2, 0.25) is 0 Å². The molecule has 0 atom stereocenters. The zero-order chi connectivity index (χ0) is 14.2. The molecule has 0 spiro atoms. The van der Waals surface area contributed by atoms with Gasteiger partial charge in [-0.05, 0) is 18.2 Å². The largest absolute Gasteiger partial charge is 0.384 e. The summed E-state index contributed by atoms with van der Waals surface area (Å²) in [5, 5.41) is 1.03. The minimum Gasteiger partial charge on any atom is -0.367 e. The van der Waals surface area contributed by atoms with Crippen molar-refractivity contribution in [1.82, 2.24) is 9.29 Å². The van der Waals surface area contributed by atoms with Crippen molar-refractivity contribution in [3.05, 3.63) is 34.4 Å². The second-order valence-corrected chi connectivity index (χ2v) is 6.46. The van der Waals surface area contributed by atoms with Crippen LogP contribution in [0.4, 0.5) is 0 Å². The maximum Gasteiger partial charge on any atom is 0.384 e. The minimum atomic E-state index is -3.91. The third-order valence-electron chi connectivity index (χ3n) is 2.39. The number of aromatic nitrogens is 1. The van der Waals surface area contributed by atoms with Crippen LogP contribution < -0.4 is 4.18 Å². The first-order valence-electron chi connectivity index (χ1n) is 5.17. The van der Waals surface area contributed by atoms with E-state index < -0.39 is 10.3 Å². The van der Waals surface area contributed by atoms with Gasteiger partial charge in [0.15, 0.2) is 5.75 Å². The van der Waals surface area contributed by atoms with Crippen LogP contribution in [-0.2, 0) is 10.3 Å². The number of halogens is 2. The van der Waals surface area contributed by atoms with Crippen molar-refractivity contribution < 1.29 is 12.6 Å². The molecular formula is C11H10Cl2N2O3S. The summed E-state index contributed by atoms with van der Waals surface area (Å²) in [7, 11) is -1.20. The fraction of sp³-hybridized carbons (Fsp3) is 0.182. The molecule has 2 rings (SSSR count). The fourth-order valence-corrected chi connectivity index (χ4v) is 2.53. The summed E-state index contributed by atoms with van der Waals surface area (Å²) in [6.07, 6.45) is 1.50. The molecule has 19 heavy (non-hydrogen) atoms. The van der Waals surface area contributed by atoms with Crippen LogP contribution in [0.25, 0.3) is 10.9 Å². The minimum absolute atomic E-state index is 0.0321. The molecule has 0 aliphatic heterocycles. The monoisotopic (exact) mass is 320 g/mol. The molecule has 0 N–H and O–H groups in total. The number of pyridine rings is 1.